The molecule has 1 heteroatoms. The molecule has 74 valence electrons. The Balaban J connectivity index is 1.96. The van der Waals surface area contributed by atoms with Crippen LogP contribution in [0.25, 0.3) is 0 Å². The Hall–Kier alpha value is -0.0400. The third-order valence-corrected chi connectivity index (χ3v) is 5.32. The Morgan fingerprint density at radius 2 is 2.00 bits per heavy atom. The van der Waals surface area contributed by atoms with E-state index in [0.29, 0.717) is 5.54 Å². The van der Waals surface area contributed by atoms with Gasteiger partial charge >= 0.3 is 0 Å². The van der Waals surface area contributed by atoms with E-state index in [0.717, 1.165) is 17.8 Å². The molecule has 4 unspecified atom stereocenters. The van der Waals surface area contributed by atoms with Gasteiger partial charge in [0.05, 0.1) is 0 Å². The van der Waals surface area contributed by atoms with E-state index in [4.69, 9.17) is 0 Å². The SMILES string of the molecule is CN(C)C12CCC(C1)C1CCCC12. The standard InChI is InChI=1S/C12H21N/c1-13(2)12-7-6-9(8-12)10-4-3-5-11(10)12/h9-11H,3-8H2,1-2H3. The van der Waals surface area contributed by atoms with Crippen LogP contribution in [0.4, 0.5) is 0 Å². The van der Waals surface area contributed by atoms with E-state index in [-0.39, 0.29) is 0 Å². The van der Waals surface area contributed by atoms with E-state index < -0.39 is 0 Å². The summed E-state index contributed by atoms with van der Waals surface area (Å²) < 4.78 is 0. The first-order chi connectivity index (χ1) is 6.24. The van der Waals surface area contributed by atoms with Crippen LogP contribution in [0.15, 0.2) is 0 Å². The highest BCUT2D eigenvalue weighted by Gasteiger charge is 2.59. The summed E-state index contributed by atoms with van der Waals surface area (Å²) in [5.74, 6) is 3.30. The van der Waals surface area contributed by atoms with Crippen molar-refractivity contribution in [3.8, 4) is 0 Å². The number of fused-ring (bicyclic) bond motifs is 5. The first-order valence-electron chi connectivity index (χ1n) is 5.91. The van der Waals surface area contributed by atoms with Gasteiger partial charge in [-0.1, -0.05) is 6.42 Å². The van der Waals surface area contributed by atoms with Crippen molar-refractivity contribution in [3.05, 3.63) is 0 Å². The number of rotatable bonds is 1. The van der Waals surface area contributed by atoms with Gasteiger partial charge in [-0.25, -0.2) is 0 Å². The summed E-state index contributed by atoms with van der Waals surface area (Å²) in [5.41, 5.74) is 0.645. The van der Waals surface area contributed by atoms with E-state index in [1.165, 1.54) is 32.1 Å². The molecule has 13 heavy (non-hydrogen) atoms. The van der Waals surface area contributed by atoms with Crippen LogP contribution in [-0.2, 0) is 0 Å². The summed E-state index contributed by atoms with van der Waals surface area (Å²) in [6.45, 7) is 0. The van der Waals surface area contributed by atoms with Crippen molar-refractivity contribution in [2.24, 2.45) is 17.8 Å². The first kappa shape index (κ1) is 8.28. The molecule has 3 aliphatic carbocycles. The molecule has 0 heterocycles. The lowest BCUT2D eigenvalue weighted by Gasteiger charge is -2.41. The topological polar surface area (TPSA) is 3.24 Å². The summed E-state index contributed by atoms with van der Waals surface area (Å²) in [6, 6.07) is 0. The van der Waals surface area contributed by atoms with Crippen molar-refractivity contribution < 1.29 is 0 Å². The lowest BCUT2D eigenvalue weighted by atomic mass is 9.77. The maximum Gasteiger partial charge on any atom is 0.0237 e. The van der Waals surface area contributed by atoms with Crippen molar-refractivity contribution >= 4 is 0 Å². The van der Waals surface area contributed by atoms with E-state index in [1.54, 1.807) is 6.42 Å². The molecule has 3 rings (SSSR count). The van der Waals surface area contributed by atoms with Gasteiger partial charge in [-0.3, -0.25) is 0 Å². The van der Waals surface area contributed by atoms with Gasteiger partial charge in [0.15, 0.2) is 0 Å². The van der Waals surface area contributed by atoms with Crippen molar-refractivity contribution in [2.45, 2.75) is 44.1 Å². The Morgan fingerprint density at radius 3 is 2.77 bits per heavy atom. The normalized spacial score (nSPS) is 53.3. The van der Waals surface area contributed by atoms with Gasteiger partial charge in [-0.2, -0.15) is 0 Å². The molecule has 3 fully saturated rings. The Labute approximate surface area is 81.5 Å². The van der Waals surface area contributed by atoms with E-state index >= 15 is 0 Å². The predicted octanol–water partition coefficient (Wildman–Crippen LogP) is 2.52. The minimum Gasteiger partial charge on any atom is -0.303 e. The molecule has 3 saturated carbocycles. The Bertz CT molecular complexity index is 223. The van der Waals surface area contributed by atoms with E-state index in [9.17, 15) is 0 Å². The molecule has 0 aliphatic heterocycles. The second kappa shape index (κ2) is 2.50. The molecular formula is C12H21N. The summed E-state index contributed by atoms with van der Waals surface area (Å²) >= 11 is 0. The number of nitrogens with zero attached hydrogens (tertiary/aromatic N) is 1. The molecule has 0 aromatic carbocycles. The fourth-order valence-electron chi connectivity index (χ4n) is 4.75. The molecule has 0 aromatic rings. The van der Waals surface area contributed by atoms with Gasteiger partial charge < -0.3 is 4.90 Å². The van der Waals surface area contributed by atoms with Gasteiger partial charge in [0.1, 0.15) is 0 Å². The zero-order valence-corrected chi connectivity index (χ0v) is 8.92. The highest BCUT2D eigenvalue weighted by Crippen LogP contribution is 2.62. The van der Waals surface area contributed by atoms with Crippen LogP contribution in [0, 0.1) is 17.8 Å². The van der Waals surface area contributed by atoms with Gasteiger partial charge in [0.2, 0.25) is 0 Å². The largest absolute Gasteiger partial charge is 0.303 e. The lowest BCUT2D eigenvalue weighted by Crippen LogP contribution is -2.47. The minimum absolute atomic E-state index is 0.645. The molecule has 1 nitrogen and oxygen atoms in total. The second-order valence-corrected chi connectivity index (χ2v) is 5.70. The average Bonchev–Trinajstić information content (AvgIpc) is 2.76. The Morgan fingerprint density at radius 1 is 1.15 bits per heavy atom. The highest BCUT2D eigenvalue weighted by molar-refractivity contribution is 5.12. The van der Waals surface area contributed by atoms with Crippen molar-refractivity contribution in [1.29, 1.82) is 0 Å². The first-order valence-corrected chi connectivity index (χ1v) is 5.91. The zero-order valence-electron chi connectivity index (χ0n) is 8.92. The monoisotopic (exact) mass is 179 g/mol. The molecule has 0 saturated heterocycles. The molecular weight excluding hydrogens is 158 g/mol. The lowest BCUT2D eigenvalue weighted by molar-refractivity contribution is 0.0837. The zero-order chi connectivity index (χ0) is 9.05. The molecule has 2 bridgehead atoms. The fourth-order valence-corrected chi connectivity index (χ4v) is 4.75. The number of hydrogen-bond donors (Lipinski definition) is 0. The van der Waals surface area contributed by atoms with Gasteiger partial charge in [0, 0.05) is 5.54 Å². The van der Waals surface area contributed by atoms with Crippen LogP contribution in [0.5, 0.6) is 0 Å². The molecule has 4 atom stereocenters. The molecule has 0 aromatic heterocycles. The highest BCUT2D eigenvalue weighted by atomic mass is 15.2. The van der Waals surface area contributed by atoms with E-state index in [1.807, 2.05) is 0 Å². The van der Waals surface area contributed by atoms with Crippen molar-refractivity contribution in [1.82, 2.24) is 4.90 Å². The Kier molecular flexibility index (Phi) is 1.59. The molecule has 0 spiro atoms. The van der Waals surface area contributed by atoms with Crippen LogP contribution in [0.1, 0.15) is 38.5 Å². The summed E-state index contributed by atoms with van der Waals surface area (Å²) in [7, 11) is 4.62. The van der Waals surface area contributed by atoms with Crippen molar-refractivity contribution in [3.63, 3.8) is 0 Å². The molecule has 3 aliphatic rings. The smallest absolute Gasteiger partial charge is 0.0237 e. The molecule has 0 radical (unpaired) electrons. The van der Waals surface area contributed by atoms with Crippen LogP contribution in [0.2, 0.25) is 0 Å². The van der Waals surface area contributed by atoms with E-state index in [2.05, 4.69) is 19.0 Å². The molecule has 0 N–H and O–H groups in total. The van der Waals surface area contributed by atoms with Gasteiger partial charge in [0.25, 0.3) is 0 Å². The van der Waals surface area contributed by atoms with Crippen molar-refractivity contribution in [2.75, 3.05) is 14.1 Å². The summed E-state index contributed by atoms with van der Waals surface area (Å²) in [5, 5.41) is 0. The maximum atomic E-state index is 2.56. The quantitative estimate of drug-likeness (QED) is 0.598. The summed E-state index contributed by atoms with van der Waals surface area (Å²) in [6.07, 6.45) is 9.13. The third kappa shape index (κ3) is 0.869. The minimum atomic E-state index is 0.645. The van der Waals surface area contributed by atoms with Crippen LogP contribution >= 0.6 is 0 Å². The summed E-state index contributed by atoms with van der Waals surface area (Å²) in [4.78, 5) is 2.56. The fraction of sp³-hybridized carbons (Fsp3) is 1.00. The van der Waals surface area contributed by atoms with Gasteiger partial charge in [-0.15, -0.1) is 0 Å². The number of hydrogen-bond acceptors (Lipinski definition) is 1. The second-order valence-electron chi connectivity index (χ2n) is 5.70. The van der Waals surface area contributed by atoms with Crippen LogP contribution in [0.3, 0.4) is 0 Å². The van der Waals surface area contributed by atoms with Gasteiger partial charge in [-0.05, 0) is 64.0 Å². The predicted molar refractivity (Wildman–Crippen MR) is 54.6 cm³/mol. The molecule has 0 amide bonds. The third-order valence-electron chi connectivity index (χ3n) is 5.32. The maximum absolute atomic E-state index is 2.56. The average molecular weight is 179 g/mol. The van der Waals surface area contributed by atoms with Crippen LogP contribution in [-0.4, -0.2) is 24.5 Å². The van der Waals surface area contributed by atoms with Crippen LogP contribution < -0.4 is 0 Å².